The zero-order valence-corrected chi connectivity index (χ0v) is 14.8. The molecule has 0 saturated carbocycles. The molecule has 0 radical (unpaired) electrons. The second-order valence-electron chi connectivity index (χ2n) is 5.38. The molecule has 0 fully saturated rings. The number of hydrogen-bond donors (Lipinski definition) is 1. The zero-order chi connectivity index (χ0) is 17.6. The van der Waals surface area contributed by atoms with Crippen LogP contribution in [0.5, 0.6) is 0 Å². The van der Waals surface area contributed by atoms with Crippen LogP contribution in [-0.4, -0.2) is 10.1 Å². The molecule has 128 valence electrons. The van der Waals surface area contributed by atoms with Crippen LogP contribution in [0.1, 0.15) is 21.9 Å². The summed E-state index contributed by atoms with van der Waals surface area (Å²) in [4.78, 5) is 12.8. The highest BCUT2D eigenvalue weighted by atomic mass is 35.5. The van der Waals surface area contributed by atoms with Gasteiger partial charge in [0.2, 0.25) is 0 Å². The van der Waals surface area contributed by atoms with Crippen LogP contribution >= 0.6 is 11.6 Å². The van der Waals surface area contributed by atoms with Gasteiger partial charge in [0.05, 0.1) is 16.6 Å². The molecule has 1 atom stereocenters. The van der Waals surface area contributed by atoms with Gasteiger partial charge in [-0.25, -0.2) is 0 Å². The third-order valence-electron chi connectivity index (χ3n) is 3.53. The summed E-state index contributed by atoms with van der Waals surface area (Å²) in [5.74, 6) is 0.609. The lowest BCUT2D eigenvalue weighted by Gasteiger charge is -2.03. The third kappa shape index (κ3) is 4.81. The summed E-state index contributed by atoms with van der Waals surface area (Å²) in [6, 6.07) is 19.7. The second-order valence-corrected chi connectivity index (χ2v) is 7.27. The summed E-state index contributed by atoms with van der Waals surface area (Å²) < 4.78 is 17.8. The molecule has 0 bridgehead atoms. The largest absolute Gasteiger partial charge is 0.455 e. The molecular formula is C19H16ClNO3S. The van der Waals surface area contributed by atoms with Gasteiger partial charge in [0, 0.05) is 16.5 Å². The first kappa shape index (κ1) is 17.5. The number of halogens is 1. The molecule has 25 heavy (non-hydrogen) atoms. The number of nitrogens with one attached hydrogen (secondary N) is 1. The molecule has 0 aliphatic heterocycles. The SMILES string of the molecule is O=C(NCc1ccccc1)c1ccc(CS(=O)c2ccc(Cl)cc2)o1. The molecular weight excluding hydrogens is 358 g/mol. The molecule has 1 aromatic heterocycles. The molecule has 0 saturated heterocycles. The van der Waals surface area contributed by atoms with Gasteiger partial charge in [0.15, 0.2) is 5.76 Å². The quantitative estimate of drug-likeness (QED) is 0.705. The van der Waals surface area contributed by atoms with Crippen LogP contribution < -0.4 is 5.32 Å². The van der Waals surface area contributed by atoms with Gasteiger partial charge in [-0.15, -0.1) is 0 Å². The van der Waals surface area contributed by atoms with Gasteiger partial charge in [-0.05, 0) is 42.0 Å². The minimum absolute atomic E-state index is 0.202. The van der Waals surface area contributed by atoms with Gasteiger partial charge in [-0.2, -0.15) is 0 Å². The Balaban J connectivity index is 1.59. The van der Waals surface area contributed by atoms with Crippen molar-refractivity contribution in [2.24, 2.45) is 0 Å². The van der Waals surface area contributed by atoms with E-state index in [0.29, 0.717) is 22.2 Å². The lowest BCUT2D eigenvalue weighted by molar-refractivity contribution is 0.0921. The summed E-state index contributed by atoms with van der Waals surface area (Å²) in [6.07, 6.45) is 0. The van der Waals surface area contributed by atoms with E-state index in [0.717, 1.165) is 5.56 Å². The third-order valence-corrected chi connectivity index (χ3v) is 5.13. The predicted octanol–water partition coefficient (Wildman–Crippen LogP) is 4.17. The Hall–Kier alpha value is -2.37. The molecule has 3 rings (SSSR count). The summed E-state index contributed by atoms with van der Waals surface area (Å²) in [6.45, 7) is 0.423. The number of hydrogen-bond acceptors (Lipinski definition) is 3. The van der Waals surface area contributed by atoms with Gasteiger partial charge in [0.25, 0.3) is 5.91 Å². The predicted molar refractivity (Wildman–Crippen MR) is 97.9 cm³/mol. The van der Waals surface area contributed by atoms with E-state index in [1.165, 1.54) is 0 Å². The van der Waals surface area contributed by atoms with E-state index in [9.17, 15) is 9.00 Å². The van der Waals surface area contributed by atoms with Crippen LogP contribution in [0.15, 0.2) is 76.0 Å². The molecule has 0 aliphatic carbocycles. The highest BCUT2D eigenvalue weighted by Crippen LogP contribution is 2.17. The fraction of sp³-hybridized carbons (Fsp3) is 0.105. The van der Waals surface area contributed by atoms with E-state index in [2.05, 4.69) is 5.32 Å². The van der Waals surface area contributed by atoms with E-state index >= 15 is 0 Å². The molecule has 0 spiro atoms. The van der Waals surface area contributed by atoms with Gasteiger partial charge in [-0.1, -0.05) is 41.9 Å². The topological polar surface area (TPSA) is 59.3 Å². The van der Waals surface area contributed by atoms with Crippen LogP contribution in [0, 0.1) is 0 Å². The Labute approximate surface area is 153 Å². The number of carbonyl (C=O) groups excluding carboxylic acids is 1. The van der Waals surface area contributed by atoms with Crippen molar-refractivity contribution < 1.29 is 13.4 Å². The maximum Gasteiger partial charge on any atom is 0.287 e. The average molecular weight is 374 g/mol. The average Bonchev–Trinajstić information content (AvgIpc) is 3.09. The van der Waals surface area contributed by atoms with Crippen LogP contribution in [0.3, 0.4) is 0 Å². The monoisotopic (exact) mass is 373 g/mol. The van der Waals surface area contributed by atoms with E-state index in [1.807, 2.05) is 30.3 Å². The summed E-state index contributed by atoms with van der Waals surface area (Å²) in [5, 5.41) is 3.39. The normalized spacial score (nSPS) is 11.9. The van der Waals surface area contributed by atoms with E-state index in [-0.39, 0.29) is 17.4 Å². The number of carbonyl (C=O) groups is 1. The maximum atomic E-state index is 12.3. The Bertz CT molecular complexity index is 875. The Morgan fingerprint density at radius 1 is 1.00 bits per heavy atom. The van der Waals surface area contributed by atoms with E-state index in [4.69, 9.17) is 16.0 Å². The van der Waals surface area contributed by atoms with Crippen molar-refractivity contribution in [3.05, 3.63) is 88.8 Å². The first-order valence-electron chi connectivity index (χ1n) is 7.66. The van der Waals surface area contributed by atoms with Crippen molar-refractivity contribution in [2.45, 2.75) is 17.2 Å². The first-order valence-corrected chi connectivity index (χ1v) is 9.36. The van der Waals surface area contributed by atoms with Crippen LogP contribution in [0.25, 0.3) is 0 Å². The number of amides is 1. The van der Waals surface area contributed by atoms with Crippen LogP contribution in [-0.2, 0) is 23.1 Å². The van der Waals surface area contributed by atoms with Crippen molar-refractivity contribution in [3.63, 3.8) is 0 Å². The van der Waals surface area contributed by atoms with E-state index < -0.39 is 10.8 Å². The number of rotatable bonds is 6. The van der Waals surface area contributed by atoms with Crippen LogP contribution in [0.2, 0.25) is 5.02 Å². The molecule has 0 aliphatic rings. The summed E-state index contributed by atoms with van der Waals surface area (Å²) in [7, 11) is -1.26. The van der Waals surface area contributed by atoms with Gasteiger partial charge >= 0.3 is 0 Å². The first-order chi connectivity index (χ1) is 12.1. The molecule has 6 heteroatoms. The minimum Gasteiger partial charge on any atom is -0.455 e. The van der Waals surface area contributed by atoms with Crippen molar-refractivity contribution in [2.75, 3.05) is 0 Å². The van der Waals surface area contributed by atoms with Crippen LogP contribution in [0.4, 0.5) is 0 Å². The van der Waals surface area contributed by atoms with Gasteiger partial charge < -0.3 is 9.73 Å². The smallest absolute Gasteiger partial charge is 0.287 e. The Morgan fingerprint density at radius 3 is 2.44 bits per heavy atom. The maximum absolute atomic E-state index is 12.3. The van der Waals surface area contributed by atoms with E-state index in [1.54, 1.807) is 36.4 Å². The Kier molecular flexibility index (Phi) is 5.68. The van der Waals surface area contributed by atoms with Crippen molar-refractivity contribution in [1.82, 2.24) is 5.32 Å². The highest BCUT2D eigenvalue weighted by Gasteiger charge is 2.13. The standard InChI is InChI=1S/C19H16ClNO3S/c20-15-6-9-17(10-7-15)25(23)13-16-8-11-18(24-16)19(22)21-12-14-4-2-1-3-5-14/h1-11H,12-13H2,(H,21,22). The number of benzene rings is 2. The summed E-state index contributed by atoms with van der Waals surface area (Å²) >= 11 is 5.83. The zero-order valence-electron chi connectivity index (χ0n) is 13.3. The molecule has 4 nitrogen and oxygen atoms in total. The summed E-state index contributed by atoms with van der Waals surface area (Å²) in [5.41, 5.74) is 1.01. The van der Waals surface area contributed by atoms with Crippen molar-refractivity contribution >= 4 is 28.3 Å². The fourth-order valence-corrected chi connectivity index (χ4v) is 3.39. The lowest BCUT2D eigenvalue weighted by Crippen LogP contribution is -2.22. The molecule has 2 aromatic carbocycles. The molecule has 1 unspecified atom stereocenters. The highest BCUT2D eigenvalue weighted by molar-refractivity contribution is 7.84. The van der Waals surface area contributed by atoms with Gasteiger partial charge in [-0.3, -0.25) is 9.00 Å². The molecule has 1 N–H and O–H groups in total. The second kappa shape index (κ2) is 8.14. The Morgan fingerprint density at radius 2 is 1.72 bits per heavy atom. The van der Waals surface area contributed by atoms with Crippen molar-refractivity contribution in [3.8, 4) is 0 Å². The molecule has 3 aromatic rings. The lowest BCUT2D eigenvalue weighted by atomic mass is 10.2. The molecule has 1 amide bonds. The fourth-order valence-electron chi connectivity index (χ4n) is 2.24. The minimum atomic E-state index is -1.26. The molecule has 1 heterocycles. The van der Waals surface area contributed by atoms with Crippen molar-refractivity contribution in [1.29, 1.82) is 0 Å². The van der Waals surface area contributed by atoms with Gasteiger partial charge in [0.1, 0.15) is 5.76 Å². The number of furan rings is 1.